The Hall–Kier alpha value is -0.530. The highest BCUT2D eigenvalue weighted by Gasteiger charge is 2.60. The van der Waals surface area contributed by atoms with Gasteiger partial charge in [0.2, 0.25) is 0 Å². The summed E-state index contributed by atoms with van der Waals surface area (Å²) in [6.07, 6.45) is 5.69. The Morgan fingerprint density at radius 2 is 1.65 bits per heavy atom. The van der Waals surface area contributed by atoms with E-state index in [9.17, 15) is 4.79 Å². The van der Waals surface area contributed by atoms with E-state index >= 15 is 0 Å². The van der Waals surface area contributed by atoms with Crippen molar-refractivity contribution < 1.29 is 9.53 Å². The molecule has 0 aromatic rings. The summed E-state index contributed by atoms with van der Waals surface area (Å²) in [5.41, 5.74) is 0.222. The highest BCUT2D eigenvalue weighted by atomic mass is 16.5. The molecule has 0 heterocycles. The maximum Gasteiger partial charge on any atom is 0.312 e. The molecule has 0 aliphatic heterocycles. The third-order valence-corrected chi connectivity index (χ3v) is 5.95. The molecule has 0 bridgehead atoms. The molecule has 20 heavy (non-hydrogen) atoms. The van der Waals surface area contributed by atoms with Crippen LogP contribution in [0.15, 0.2) is 0 Å². The third-order valence-electron chi connectivity index (χ3n) is 5.95. The second kappa shape index (κ2) is 5.35. The molecule has 2 nitrogen and oxygen atoms in total. The van der Waals surface area contributed by atoms with Crippen molar-refractivity contribution in [3.8, 4) is 0 Å². The van der Waals surface area contributed by atoms with Gasteiger partial charge in [-0.1, -0.05) is 41.5 Å². The maximum atomic E-state index is 12.5. The lowest BCUT2D eigenvalue weighted by atomic mass is 9.72. The van der Waals surface area contributed by atoms with Crippen LogP contribution < -0.4 is 0 Å². The van der Waals surface area contributed by atoms with Gasteiger partial charge < -0.3 is 4.74 Å². The molecule has 2 aliphatic carbocycles. The predicted molar refractivity (Wildman–Crippen MR) is 82.3 cm³/mol. The lowest BCUT2D eigenvalue weighted by molar-refractivity contribution is -0.160. The fraction of sp³-hybridized carbons (Fsp3) is 0.944. The lowest BCUT2D eigenvalue weighted by Gasteiger charge is -2.37. The van der Waals surface area contributed by atoms with Crippen LogP contribution in [-0.2, 0) is 9.53 Å². The van der Waals surface area contributed by atoms with Crippen molar-refractivity contribution in [3.05, 3.63) is 0 Å². The highest BCUT2D eigenvalue weighted by molar-refractivity contribution is 5.81. The molecule has 0 radical (unpaired) electrons. The van der Waals surface area contributed by atoms with E-state index in [0.29, 0.717) is 17.3 Å². The molecule has 2 unspecified atom stereocenters. The van der Waals surface area contributed by atoms with Gasteiger partial charge in [0.1, 0.15) is 6.10 Å². The summed E-state index contributed by atoms with van der Waals surface area (Å²) in [5, 5.41) is 0. The van der Waals surface area contributed by atoms with Gasteiger partial charge in [0.25, 0.3) is 0 Å². The summed E-state index contributed by atoms with van der Waals surface area (Å²) in [6.45, 7) is 13.5. The largest absolute Gasteiger partial charge is 0.462 e. The van der Waals surface area contributed by atoms with Gasteiger partial charge >= 0.3 is 5.97 Å². The quantitative estimate of drug-likeness (QED) is 0.693. The Bertz CT molecular complexity index is 358. The monoisotopic (exact) mass is 280 g/mol. The smallest absolute Gasteiger partial charge is 0.312 e. The molecule has 0 saturated heterocycles. The van der Waals surface area contributed by atoms with Crippen LogP contribution in [0.1, 0.15) is 73.6 Å². The van der Waals surface area contributed by atoms with Gasteiger partial charge in [-0.2, -0.15) is 0 Å². The molecular formula is C18H32O2. The van der Waals surface area contributed by atoms with Crippen molar-refractivity contribution in [1.82, 2.24) is 0 Å². The van der Waals surface area contributed by atoms with Gasteiger partial charge in [0.15, 0.2) is 0 Å². The van der Waals surface area contributed by atoms with E-state index in [1.807, 2.05) is 0 Å². The minimum atomic E-state index is -0.166. The van der Waals surface area contributed by atoms with Crippen molar-refractivity contribution >= 4 is 5.97 Å². The average molecular weight is 280 g/mol. The molecule has 0 aromatic carbocycles. The molecule has 2 fully saturated rings. The van der Waals surface area contributed by atoms with Crippen LogP contribution >= 0.6 is 0 Å². The number of hydrogen-bond acceptors (Lipinski definition) is 2. The molecule has 2 aliphatic rings. The van der Waals surface area contributed by atoms with Crippen molar-refractivity contribution in [1.29, 1.82) is 0 Å². The molecule has 0 spiro atoms. The number of esters is 1. The van der Waals surface area contributed by atoms with E-state index in [-0.39, 0.29) is 17.5 Å². The topological polar surface area (TPSA) is 26.3 Å². The van der Waals surface area contributed by atoms with Crippen LogP contribution in [0.25, 0.3) is 0 Å². The Labute approximate surface area is 124 Å². The molecule has 2 heteroatoms. The van der Waals surface area contributed by atoms with Gasteiger partial charge in [-0.05, 0) is 55.3 Å². The zero-order valence-electron chi connectivity index (χ0n) is 14.2. The first kappa shape index (κ1) is 15.9. The second-order valence-corrected chi connectivity index (χ2v) is 8.55. The van der Waals surface area contributed by atoms with Crippen LogP contribution in [-0.4, -0.2) is 12.1 Å². The van der Waals surface area contributed by atoms with E-state index in [2.05, 4.69) is 41.5 Å². The predicted octanol–water partition coefficient (Wildman–Crippen LogP) is 4.82. The van der Waals surface area contributed by atoms with Crippen molar-refractivity contribution in [3.63, 3.8) is 0 Å². The van der Waals surface area contributed by atoms with E-state index < -0.39 is 0 Å². The SMILES string of the molecule is CC(C)C1(C(=O)OC2CCC(C(C)(C)C)CC2)CC1C. The Kier molecular flexibility index (Phi) is 4.24. The van der Waals surface area contributed by atoms with Gasteiger partial charge in [0.05, 0.1) is 5.41 Å². The van der Waals surface area contributed by atoms with Crippen LogP contribution in [0.3, 0.4) is 0 Å². The summed E-state index contributed by atoms with van der Waals surface area (Å²) in [7, 11) is 0. The Morgan fingerprint density at radius 1 is 1.15 bits per heavy atom. The van der Waals surface area contributed by atoms with Crippen LogP contribution in [0, 0.1) is 28.6 Å². The maximum absolute atomic E-state index is 12.5. The molecule has 0 aromatic heterocycles. The van der Waals surface area contributed by atoms with Gasteiger partial charge in [-0.25, -0.2) is 0 Å². The normalized spacial score (nSPS) is 37.9. The lowest BCUT2D eigenvalue weighted by Crippen LogP contribution is -2.34. The highest BCUT2D eigenvalue weighted by Crippen LogP contribution is 2.58. The second-order valence-electron chi connectivity index (χ2n) is 8.55. The molecular weight excluding hydrogens is 248 g/mol. The van der Waals surface area contributed by atoms with Crippen LogP contribution in [0.5, 0.6) is 0 Å². The van der Waals surface area contributed by atoms with E-state index in [4.69, 9.17) is 4.74 Å². The number of rotatable bonds is 3. The van der Waals surface area contributed by atoms with Crippen LogP contribution in [0.2, 0.25) is 0 Å². The standard InChI is InChI=1S/C18H32O2/c1-12(2)18(11-13(18)3)16(19)20-15-9-7-14(8-10-15)17(4,5)6/h12-15H,7-11H2,1-6H3. The average Bonchev–Trinajstić information content (AvgIpc) is 3.02. The molecule has 0 N–H and O–H groups in total. The Balaban J connectivity index is 1.86. The first-order valence-electron chi connectivity index (χ1n) is 8.39. The molecule has 2 saturated carbocycles. The summed E-state index contributed by atoms with van der Waals surface area (Å²) in [4.78, 5) is 12.5. The van der Waals surface area contributed by atoms with Gasteiger partial charge in [-0.15, -0.1) is 0 Å². The minimum absolute atomic E-state index is 0.0826. The fourth-order valence-corrected chi connectivity index (χ4v) is 4.08. The third kappa shape index (κ3) is 2.89. The Morgan fingerprint density at radius 3 is 2.00 bits per heavy atom. The number of hydrogen-bond donors (Lipinski definition) is 0. The zero-order chi connectivity index (χ0) is 15.1. The summed E-state index contributed by atoms with van der Waals surface area (Å²) in [5.74, 6) is 1.76. The molecule has 2 rings (SSSR count). The van der Waals surface area contributed by atoms with E-state index in [1.54, 1.807) is 0 Å². The number of ether oxygens (including phenoxy) is 1. The molecule has 0 amide bonds. The summed E-state index contributed by atoms with van der Waals surface area (Å²) < 4.78 is 5.87. The molecule has 2 atom stereocenters. The number of carbonyl (C=O) groups excluding carboxylic acids is 1. The first-order chi connectivity index (χ1) is 9.18. The summed E-state index contributed by atoms with van der Waals surface area (Å²) >= 11 is 0. The van der Waals surface area contributed by atoms with E-state index in [1.165, 1.54) is 12.8 Å². The van der Waals surface area contributed by atoms with Crippen molar-refractivity contribution in [2.45, 2.75) is 79.8 Å². The minimum Gasteiger partial charge on any atom is -0.462 e. The zero-order valence-corrected chi connectivity index (χ0v) is 14.2. The van der Waals surface area contributed by atoms with Gasteiger partial charge in [-0.3, -0.25) is 4.79 Å². The summed E-state index contributed by atoms with van der Waals surface area (Å²) in [6, 6.07) is 0. The first-order valence-corrected chi connectivity index (χ1v) is 8.39. The van der Waals surface area contributed by atoms with Crippen molar-refractivity contribution in [2.75, 3.05) is 0 Å². The van der Waals surface area contributed by atoms with E-state index in [0.717, 1.165) is 25.2 Å². The number of carbonyl (C=O) groups is 1. The molecule has 116 valence electrons. The van der Waals surface area contributed by atoms with Gasteiger partial charge in [0, 0.05) is 0 Å². The van der Waals surface area contributed by atoms with Crippen LogP contribution in [0.4, 0.5) is 0 Å². The van der Waals surface area contributed by atoms with Crippen molar-refractivity contribution in [2.24, 2.45) is 28.6 Å². The fourth-order valence-electron chi connectivity index (χ4n) is 4.08.